The number of rotatable bonds is 31. The summed E-state index contributed by atoms with van der Waals surface area (Å²) < 4.78 is 0. The minimum Gasteiger partial charge on any atom is -0.480 e. The zero-order chi connectivity index (χ0) is 64.8. The van der Waals surface area contributed by atoms with Gasteiger partial charge in [-0.2, -0.15) is 0 Å². The highest BCUT2D eigenvalue weighted by molar-refractivity contribution is 5.76. The Kier molecular flexibility index (Phi) is 60.2. The Morgan fingerprint density at radius 2 is 0.671 bits per heavy atom. The summed E-state index contributed by atoms with van der Waals surface area (Å²) >= 11 is 0. The fourth-order valence-electron chi connectivity index (χ4n) is 5.16. The van der Waals surface area contributed by atoms with E-state index >= 15 is 0 Å². The molecule has 8 unspecified atom stereocenters. The second-order valence-corrected chi connectivity index (χ2v) is 18.1. The largest absolute Gasteiger partial charge is 0.480 e. The highest BCUT2D eigenvalue weighted by Crippen LogP contribution is 2.04. The van der Waals surface area contributed by atoms with Crippen molar-refractivity contribution in [2.24, 2.45) is 74.7 Å². The lowest BCUT2D eigenvalue weighted by molar-refractivity contribution is -0.140. The number of aliphatic carboxylic acids is 8. The van der Waals surface area contributed by atoms with Gasteiger partial charge < -0.3 is 120 Å². The molecule has 2 aromatic rings. The molecule has 8 atom stereocenters. The smallest absolute Gasteiger partial charge is 0.322 e. The first-order chi connectivity index (χ1) is 38.2. The molecule has 2 rings (SSSR count). The third kappa shape index (κ3) is 63.8. The highest BCUT2D eigenvalue weighted by atomic mass is 16.4. The Morgan fingerprint density at radius 3 is 0.854 bits per heavy atom. The quantitative estimate of drug-likeness (QED) is 0.0208. The monoisotopic (exact) mass is 1180 g/mol. The molecule has 0 fully saturated rings. The molecular weight excluding hydrogens is 1080 g/mol. The number of nitrogens with two attached hydrogens (primary N) is 12. The van der Waals surface area contributed by atoms with Crippen molar-refractivity contribution in [1.29, 1.82) is 5.41 Å². The number of aliphatic hydroxyl groups is 1. The Morgan fingerprint density at radius 1 is 0.415 bits per heavy atom. The van der Waals surface area contributed by atoms with Gasteiger partial charge in [0.1, 0.15) is 48.3 Å². The average Bonchev–Trinajstić information content (AvgIpc) is 3.41. The van der Waals surface area contributed by atoms with E-state index in [0.29, 0.717) is 83.5 Å². The highest BCUT2D eigenvalue weighted by Gasteiger charge is 2.15. The lowest BCUT2D eigenvalue weighted by Crippen LogP contribution is -2.34. The third-order valence-corrected chi connectivity index (χ3v) is 9.97. The minimum atomic E-state index is -1.18. The van der Waals surface area contributed by atoms with Gasteiger partial charge >= 0.3 is 47.8 Å². The second kappa shape index (κ2) is 57.2. The Hall–Kier alpha value is -7.01. The van der Waals surface area contributed by atoms with E-state index in [2.05, 4.69) is 5.32 Å². The normalized spacial score (nSPS) is 12.8. The molecule has 35 N–H and O–H groups in total. The summed E-state index contributed by atoms with van der Waals surface area (Å²) in [5.41, 5.74) is 64.1. The van der Waals surface area contributed by atoms with E-state index in [1.165, 1.54) is 0 Å². The number of hydrogen-bond donors (Lipinski definition) is 23. The molecule has 0 saturated carbocycles. The molecule has 0 aliphatic carbocycles. The van der Waals surface area contributed by atoms with Crippen LogP contribution in [0.1, 0.15) is 102 Å². The standard InChI is InChI=1S/2C9H11NO2.C6H14N4O2.3C6H14N2O2.C6H13NO2.C3H7NO3/c2*10-8(9(11)12)6-7-4-2-1-3-5-7;7-4(5(11)12)2-1-3-10-6(8)9;3*7-4-2-1-3-5(8)6(9)10;1-4(2)3-5(7)6(8)9;4-2(1-5)3(6)7/h2*1-5,8H,6,10H2,(H,11,12);4H,1-3,7H2,(H,11,12)(H4,8,9,10);3*5H,1-4,7-8H2,(H,9,10);4-5H,3,7H2,1-2H3,(H,8,9);2,5H,1,4H2,(H,6,7). The number of benzene rings is 2. The summed E-state index contributed by atoms with van der Waals surface area (Å²) in [5, 5.41) is 83.9. The molecule has 0 radical (unpaired) electrons. The van der Waals surface area contributed by atoms with Gasteiger partial charge in [0.25, 0.3) is 0 Å². The van der Waals surface area contributed by atoms with E-state index in [1.54, 1.807) is 0 Å². The fraction of sp³-hybridized carbons (Fsp3) is 0.588. The third-order valence-electron chi connectivity index (χ3n) is 9.97. The fourth-order valence-corrected chi connectivity index (χ4v) is 5.16. The van der Waals surface area contributed by atoms with Gasteiger partial charge in [-0.1, -0.05) is 93.8 Å². The van der Waals surface area contributed by atoms with Crippen LogP contribution in [0.2, 0.25) is 0 Å². The summed E-state index contributed by atoms with van der Waals surface area (Å²) in [6.45, 7) is 5.68. The van der Waals surface area contributed by atoms with E-state index in [-0.39, 0.29) is 5.96 Å². The van der Waals surface area contributed by atoms with Crippen LogP contribution >= 0.6 is 0 Å². The van der Waals surface area contributed by atoms with Crippen LogP contribution in [0.4, 0.5) is 0 Å². The molecule has 0 spiro atoms. The summed E-state index contributed by atoms with van der Waals surface area (Å²) in [6.07, 6.45) is 8.79. The molecule has 0 amide bonds. The molecule has 0 bridgehead atoms. The molecule has 0 heterocycles. The van der Waals surface area contributed by atoms with Gasteiger partial charge in [-0.15, -0.1) is 0 Å². The van der Waals surface area contributed by atoms with Gasteiger partial charge in [-0.3, -0.25) is 43.8 Å². The van der Waals surface area contributed by atoms with Crippen molar-refractivity contribution in [2.45, 2.75) is 152 Å². The van der Waals surface area contributed by atoms with Gasteiger partial charge in [0.2, 0.25) is 0 Å². The molecule has 0 aliphatic heterocycles. The maximum atomic E-state index is 10.4. The predicted octanol–water partition coefficient (Wildman–Crippen LogP) is -2.64. The van der Waals surface area contributed by atoms with Crippen LogP contribution in [0.5, 0.6) is 0 Å². The van der Waals surface area contributed by atoms with Crippen LogP contribution in [0, 0.1) is 11.3 Å². The summed E-state index contributed by atoms with van der Waals surface area (Å²) in [4.78, 5) is 81.1. The number of carbonyl (C=O) groups is 8. The van der Waals surface area contributed by atoms with Crippen molar-refractivity contribution >= 4 is 53.7 Å². The first-order valence-corrected chi connectivity index (χ1v) is 25.9. The van der Waals surface area contributed by atoms with Crippen molar-refractivity contribution in [2.75, 3.05) is 32.8 Å². The molecule has 31 nitrogen and oxygen atoms in total. The maximum Gasteiger partial charge on any atom is 0.322 e. The van der Waals surface area contributed by atoms with Crippen LogP contribution in [0.15, 0.2) is 60.7 Å². The lowest BCUT2D eigenvalue weighted by atomic mass is 10.1. The van der Waals surface area contributed by atoms with E-state index in [9.17, 15) is 38.4 Å². The maximum absolute atomic E-state index is 10.4. The molecule has 0 aliphatic rings. The van der Waals surface area contributed by atoms with Crippen molar-refractivity contribution < 1.29 is 84.3 Å². The zero-order valence-corrected chi connectivity index (χ0v) is 47.1. The topological polar surface area (TPSA) is 667 Å². The van der Waals surface area contributed by atoms with E-state index < -0.39 is 103 Å². The van der Waals surface area contributed by atoms with Gasteiger partial charge in [0, 0.05) is 6.54 Å². The van der Waals surface area contributed by atoms with Gasteiger partial charge in [0.05, 0.1) is 6.61 Å². The molecule has 2 aromatic carbocycles. The Bertz CT molecular complexity index is 1870. The number of hydrogen-bond acceptors (Lipinski definition) is 21. The summed E-state index contributed by atoms with van der Waals surface area (Å²) in [5.74, 6) is -7.57. The predicted molar refractivity (Wildman–Crippen MR) is 310 cm³/mol. The molecule has 474 valence electrons. The van der Waals surface area contributed by atoms with Gasteiger partial charge in [-0.25, -0.2) is 0 Å². The first kappa shape index (κ1) is 86.3. The van der Waals surface area contributed by atoms with Crippen molar-refractivity contribution in [3.05, 3.63) is 71.8 Å². The number of guanidine groups is 1. The summed E-state index contributed by atoms with van der Waals surface area (Å²) in [7, 11) is 0. The SMILES string of the molecule is CC(C)CC(N)C(=O)O.N=C(N)NCCCC(N)C(=O)O.NC(CO)C(=O)O.NC(Cc1ccccc1)C(=O)O.NC(Cc1ccccc1)C(=O)O.NCCCCC(N)C(=O)O.NCCCCC(N)C(=O)O.NCCCCC(N)C(=O)O. The number of carboxylic acids is 8. The molecule has 82 heavy (non-hydrogen) atoms. The van der Waals surface area contributed by atoms with Crippen molar-refractivity contribution in [3.63, 3.8) is 0 Å². The molecular formula is C51H98N14O17. The van der Waals surface area contributed by atoms with E-state index in [4.69, 9.17) is 120 Å². The Labute approximate surface area is 479 Å². The van der Waals surface area contributed by atoms with Crippen LogP contribution in [-0.4, -0.2) is 181 Å². The number of aliphatic hydroxyl groups excluding tert-OH is 1. The number of nitrogens with one attached hydrogen (secondary N) is 2. The average molecular weight is 1180 g/mol. The van der Waals surface area contributed by atoms with Gasteiger partial charge in [0.15, 0.2) is 5.96 Å². The Balaban J connectivity index is -0.000000202. The van der Waals surface area contributed by atoms with E-state index in [0.717, 1.165) is 49.7 Å². The van der Waals surface area contributed by atoms with Crippen LogP contribution in [-0.2, 0) is 51.2 Å². The first-order valence-electron chi connectivity index (χ1n) is 25.9. The summed E-state index contributed by atoms with van der Waals surface area (Å²) in [6, 6.07) is 12.3. The molecule has 31 heteroatoms. The zero-order valence-electron chi connectivity index (χ0n) is 47.1. The number of unbranched alkanes of at least 4 members (excludes halogenated alkanes) is 3. The van der Waals surface area contributed by atoms with Crippen molar-refractivity contribution in [1.82, 2.24) is 5.32 Å². The van der Waals surface area contributed by atoms with E-state index in [1.807, 2.05) is 74.5 Å². The molecule has 0 aromatic heterocycles. The van der Waals surface area contributed by atoms with Crippen molar-refractivity contribution in [3.8, 4) is 0 Å². The molecule has 0 saturated heterocycles. The number of carboxylic acid groups (broad SMARTS) is 8. The van der Waals surface area contributed by atoms with Crippen LogP contribution < -0.4 is 74.1 Å². The van der Waals surface area contributed by atoms with Gasteiger partial charge in [-0.05, 0) is 107 Å². The lowest BCUT2D eigenvalue weighted by Gasteiger charge is -2.07. The van der Waals surface area contributed by atoms with Crippen LogP contribution in [0.25, 0.3) is 0 Å². The second-order valence-electron chi connectivity index (χ2n) is 18.1. The van der Waals surface area contributed by atoms with Crippen LogP contribution in [0.3, 0.4) is 0 Å². The minimum absolute atomic E-state index is 0.112.